The van der Waals surface area contributed by atoms with E-state index in [4.69, 9.17) is 5.73 Å². The maximum atomic E-state index is 12.8. The van der Waals surface area contributed by atoms with Crippen molar-refractivity contribution in [1.82, 2.24) is 15.6 Å². The molecule has 3 aromatic rings. The van der Waals surface area contributed by atoms with Gasteiger partial charge in [0, 0.05) is 55.5 Å². The predicted molar refractivity (Wildman–Crippen MR) is 155 cm³/mol. The zero-order valence-electron chi connectivity index (χ0n) is 23.4. The van der Waals surface area contributed by atoms with Crippen LogP contribution >= 0.6 is 0 Å². The third-order valence-corrected chi connectivity index (χ3v) is 6.12. The summed E-state index contributed by atoms with van der Waals surface area (Å²) in [5.74, 6) is -0.381. The van der Waals surface area contributed by atoms with Crippen LogP contribution in [0, 0.1) is 11.7 Å². The summed E-state index contributed by atoms with van der Waals surface area (Å²) < 4.78 is 12.8. The fraction of sp³-hybridized carbons (Fsp3) is 0.400. The van der Waals surface area contributed by atoms with Gasteiger partial charge in [-0.2, -0.15) is 0 Å². The van der Waals surface area contributed by atoms with Crippen LogP contribution in [0.5, 0.6) is 5.75 Å². The summed E-state index contributed by atoms with van der Waals surface area (Å²) in [6.45, 7) is 6.28. The topological polar surface area (TPSA) is 146 Å². The normalized spacial score (nSPS) is 12.0. The number of para-hydroxylation sites is 1. The lowest BCUT2D eigenvalue weighted by molar-refractivity contribution is -0.122. The Balaban J connectivity index is 0.000000337. The molecule has 0 radical (unpaired) electrons. The first-order chi connectivity index (χ1) is 19.1. The van der Waals surface area contributed by atoms with E-state index in [1.807, 2.05) is 37.3 Å². The van der Waals surface area contributed by atoms with Gasteiger partial charge in [-0.25, -0.2) is 9.37 Å². The molecule has 0 spiro atoms. The molecule has 1 heterocycles. The van der Waals surface area contributed by atoms with Crippen LogP contribution < -0.4 is 21.7 Å². The smallest absolute Gasteiger partial charge is 0.225 e. The molecule has 216 valence electrons. The molecule has 0 aliphatic rings. The number of benzene rings is 2. The Morgan fingerprint density at radius 1 is 0.950 bits per heavy atom. The van der Waals surface area contributed by atoms with E-state index in [2.05, 4.69) is 27.9 Å². The minimum absolute atomic E-state index is 0.0129. The molecule has 0 aliphatic carbocycles. The number of phenols is 1. The first-order valence-electron chi connectivity index (χ1n) is 13.5. The highest BCUT2D eigenvalue weighted by Crippen LogP contribution is 2.20. The third kappa shape index (κ3) is 11.8. The van der Waals surface area contributed by atoms with Crippen molar-refractivity contribution < 1.29 is 23.9 Å². The van der Waals surface area contributed by atoms with Crippen molar-refractivity contribution in [2.75, 3.05) is 11.9 Å². The van der Waals surface area contributed by atoms with Crippen LogP contribution in [0.1, 0.15) is 58.4 Å². The number of hydrogen-bond acceptors (Lipinski definition) is 6. The maximum absolute atomic E-state index is 12.8. The Kier molecular flexibility index (Phi) is 13.5. The number of carbonyl (C=O) groups excluding carboxylic acids is 3. The van der Waals surface area contributed by atoms with Gasteiger partial charge in [-0.05, 0) is 43.2 Å². The highest BCUT2D eigenvalue weighted by atomic mass is 19.1. The number of amides is 3. The summed E-state index contributed by atoms with van der Waals surface area (Å²) >= 11 is 0. The molecule has 0 bridgehead atoms. The number of phenolic OH excluding ortho intramolecular Hbond substituents is 1. The van der Waals surface area contributed by atoms with Crippen LogP contribution in [-0.2, 0) is 20.9 Å². The van der Waals surface area contributed by atoms with Crippen molar-refractivity contribution in [3.8, 4) is 5.75 Å². The van der Waals surface area contributed by atoms with Gasteiger partial charge in [0.25, 0.3) is 0 Å². The minimum Gasteiger partial charge on any atom is -0.505 e. The molecule has 9 nitrogen and oxygen atoms in total. The molecule has 40 heavy (non-hydrogen) atoms. The molecule has 3 rings (SSSR count). The van der Waals surface area contributed by atoms with Crippen LogP contribution in [0.25, 0.3) is 10.8 Å². The summed E-state index contributed by atoms with van der Waals surface area (Å²) in [6, 6.07) is 14.0. The second-order valence-electron chi connectivity index (χ2n) is 9.81. The van der Waals surface area contributed by atoms with Crippen molar-refractivity contribution in [2.24, 2.45) is 11.7 Å². The second kappa shape index (κ2) is 16.8. The summed E-state index contributed by atoms with van der Waals surface area (Å²) in [6.07, 6.45) is 4.50. The number of nitrogens with two attached hydrogens (primary N) is 1. The molecule has 6 N–H and O–H groups in total. The number of anilines is 1. The van der Waals surface area contributed by atoms with Gasteiger partial charge >= 0.3 is 0 Å². The zero-order valence-corrected chi connectivity index (χ0v) is 23.4. The molecule has 0 saturated heterocycles. The summed E-state index contributed by atoms with van der Waals surface area (Å²) in [5, 5.41) is 19.5. The molecule has 10 heteroatoms. The highest BCUT2D eigenvalue weighted by molar-refractivity contribution is 5.92. The quantitative estimate of drug-likeness (QED) is 0.225. The maximum Gasteiger partial charge on any atom is 0.225 e. The lowest BCUT2D eigenvalue weighted by Gasteiger charge is -2.12. The molecule has 2 aromatic carbocycles. The summed E-state index contributed by atoms with van der Waals surface area (Å²) in [4.78, 5) is 39.0. The number of aromatic hydroxyl groups is 1. The fourth-order valence-electron chi connectivity index (χ4n) is 3.64. The standard InChI is InChI=1S/C20H28N4O2.C10H12FNO2/c1-14(7-9-19(25)23-12-15(2)21)8-10-20(26)24-18-11-16-5-3-4-6-17(16)13-22-18;1-2-9(13)12-6-7-4-3-5-8(11)10(7)14/h3-6,11,13-15H,7-10,12,21H2,1-2H3,(H,23,25)(H,22,24,26);3-5,14H,2,6H2,1H3,(H,12,13)/t14?,15-;/m1./s1. The van der Waals surface area contributed by atoms with E-state index >= 15 is 0 Å². The fourth-order valence-corrected chi connectivity index (χ4v) is 3.64. The van der Waals surface area contributed by atoms with Gasteiger partial charge in [0.2, 0.25) is 17.7 Å². The average molecular weight is 554 g/mol. The zero-order chi connectivity index (χ0) is 29.5. The Hall–Kier alpha value is -4.05. The SMILES string of the molecule is CC(CCC(=O)NC[C@@H](C)N)CCC(=O)Nc1cc2ccccc2cn1.CCC(=O)NCc1cccc(F)c1O. The van der Waals surface area contributed by atoms with E-state index in [9.17, 15) is 23.9 Å². The molecule has 3 amide bonds. The number of halogens is 1. The average Bonchev–Trinajstić information content (AvgIpc) is 2.94. The third-order valence-electron chi connectivity index (χ3n) is 6.12. The van der Waals surface area contributed by atoms with Crippen LogP contribution in [0.2, 0.25) is 0 Å². The van der Waals surface area contributed by atoms with E-state index in [0.29, 0.717) is 43.1 Å². The Bertz CT molecular complexity index is 1270. The van der Waals surface area contributed by atoms with Crippen LogP contribution in [0.3, 0.4) is 0 Å². The van der Waals surface area contributed by atoms with E-state index in [1.54, 1.807) is 19.2 Å². The van der Waals surface area contributed by atoms with E-state index in [-0.39, 0.29) is 30.3 Å². The van der Waals surface area contributed by atoms with E-state index in [0.717, 1.165) is 23.6 Å². The van der Waals surface area contributed by atoms with Crippen molar-refractivity contribution in [3.63, 3.8) is 0 Å². The number of nitrogens with one attached hydrogen (secondary N) is 3. The number of hydrogen-bond donors (Lipinski definition) is 5. The molecular formula is C30H40FN5O4. The molecule has 0 aliphatic heterocycles. The van der Waals surface area contributed by atoms with Crippen molar-refractivity contribution in [2.45, 2.75) is 65.5 Å². The molecular weight excluding hydrogens is 513 g/mol. The van der Waals surface area contributed by atoms with Crippen molar-refractivity contribution in [1.29, 1.82) is 0 Å². The molecule has 1 aromatic heterocycles. The van der Waals surface area contributed by atoms with Crippen LogP contribution in [0.4, 0.5) is 10.2 Å². The number of rotatable bonds is 12. The molecule has 0 fully saturated rings. The summed E-state index contributed by atoms with van der Waals surface area (Å²) in [5.41, 5.74) is 5.99. The first-order valence-corrected chi connectivity index (χ1v) is 13.5. The minimum atomic E-state index is -0.673. The van der Waals surface area contributed by atoms with Crippen molar-refractivity contribution in [3.05, 3.63) is 66.1 Å². The molecule has 0 saturated carbocycles. The van der Waals surface area contributed by atoms with Gasteiger partial charge in [-0.3, -0.25) is 14.4 Å². The molecule has 2 atom stereocenters. The highest BCUT2D eigenvalue weighted by Gasteiger charge is 2.11. The predicted octanol–water partition coefficient (Wildman–Crippen LogP) is 4.39. The molecule has 1 unspecified atom stereocenters. The largest absolute Gasteiger partial charge is 0.505 e. The van der Waals surface area contributed by atoms with Crippen LogP contribution in [0.15, 0.2) is 54.7 Å². The lowest BCUT2D eigenvalue weighted by Crippen LogP contribution is -2.35. The van der Waals surface area contributed by atoms with Gasteiger partial charge in [-0.15, -0.1) is 0 Å². The number of aromatic nitrogens is 1. The Morgan fingerprint density at radius 3 is 2.30 bits per heavy atom. The number of pyridine rings is 1. The number of nitrogens with zero attached hydrogens (tertiary/aromatic N) is 1. The van der Waals surface area contributed by atoms with Crippen LogP contribution in [-0.4, -0.2) is 40.4 Å². The number of carbonyl (C=O) groups is 3. The van der Waals surface area contributed by atoms with Crippen molar-refractivity contribution >= 4 is 34.3 Å². The monoisotopic (exact) mass is 553 g/mol. The first kappa shape index (κ1) is 32.2. The van der Waals surface area contributed by atoms with Gasteiger partial charge in [0.15, 0.2) is 11.6 Å². The van der Waals surface area contributed by atoms with Gasteiger partial charge in [0.1, 0.15) is 5.82 Å². The second-order valence-corrected chi connectivity index (χ2v) is 9.81. The van der Waals surface area contributed by atoms with Gasteiger partial charge in [0.05, 0.1) is 0 Å². The summed E-state index contributed by atoms with van der Waals surface area (Å²) in [7, 11) is 0. The number of fused-ring (bicyclic) bond motifs is 1. The van der Waals surface area contributed by atoms with Gasteiger partial charge in [-0.1, -0.05) is 50.2 Å². The Labute approximate surface area is 234 Å². The van der Waals surface area contributed by atoms with E-state index < -0.39 is 11.6 Å². The van der Waals surface area contributed by atoms with E-state index in [1.165, 1.54) is 12.1 Å². The Morgan fingerprint density at radius 2 is 1.62 bits per heavy atom. The lowest BCUT2D eigenvalue weighted by atomic mass is 9.99. The van der Waals surface area contributed by atoms with Gasteiger partial charge < -0.3 is 26.8 Å².